The fraction of sp³-hybridized carbons (Fsp3) is 0.950. The Balaban J connectivity index is 1.69. The van der Waals surface area contributed by atoms with Crippen molar-refractivity contribution in [2.75, 3.05) is 0 Å². The molecule has 0 aromatic carbocycles. The molecule has 1 nitrogen and oxygen atoms in total. The van der Waals surface area contributed by atoms with E-state index in [0.29, 0.717) is 11.7 Å². The molecule has 0 N–H and O–H groups in total. The minimum atomic E-state index is 0.234. The zero-order chi connectivity index (χ0) is 15.4. The van der Waals surface area contributed by atoms with Gasteiger partial charge in [0.25, 0.3) is 0 Å². The van der Waals surface area contributed by atoms with Crippen molar-refractivity contribution in [1.29, 1.82) is 0 Å². The maximum atomic E-state index is 12.1. The van der Waals surface area contributed by atoms with Crippen LogP contribution < -0.4 is 0 Å². The summed E-state index contributed by atoms with van der Waals surface area (Å²) in [5.41, 5.74) is 0. The van der Waals surface area contributed by atoms with Crippen LogP contribution in [0.4, 0.5) is 0 Å². The lowest BCUT2D eigenvalue weighted by Gasteiger charge is -2.35. The summed E-state index contributed by atoms with van der Waals surface area (Å²) in [6.07, 6.45) is 12.3. The predicted octanol–water partition coefficient (Wildman–Crippen LogP) is 5.87. The van der Waals surface area contributed by atoms with Crippen LogP contribution in [-0.2, 0) is 4.79 Å². The molecule has 0 spiro atoms. The van der Waals surface area contributed by atoms with Gasteiger partial charge in [-0.25, -0.2) is 0 Å². The average Bonchev–Trinajstić information content (AvgIpc) is 2.47. The van der Waals surface area contributed by atoms with Gasteiger partial charge < -0.3 is 0 Å². The van der Waals surface area contributed by atoms with Gasteiger partial charge in [-0.1, -0.05) is 40.5 Å². The van der Waals surface area contributed by atoms with Crippen molar-refractivity contribution in [2.24, 2.45) is 35.5 Å². The van der Waals surface area contributed by atoms with Crippen LogP contribution in [0.1, 0.15) is 85.5 Å². The molecule has 0 aliphatic heterocycles. The summed E-state index contributed by atoms with van der Waals surface area (Å²) in [6, 6.07) is 0. The van der Waals surface area contributed by atoms with Gasteiger partial charge >= 0.3 is 0 Å². The molecule has 0 amide bonds. The van der Waals surface area contributed by atoms with Crippen molar-refractivity contribution in [1.82, 2.24) is 0 Å². The lowest BCUT2D eigenvalue weighted by Crippen LogP contribution is -2.27. The first kappa shape index (κ1) is 17.0. The van der Waals surface area contributed by atoms with E-state index in [1.54, 1.807) is 0 Å². The van der Waals surface area contributed by atoms with Crippen LogP contribution in [-0.4, -0.2) is 5.78 Å². The average molecular weight is 293 g/mol. The van der Waals surface area contributed by atoms with Gasteiger partial charge in [0.15, 0.2) is 0 Å². The number of hydrogen-bond acceptors (Lipinski definition) is 1. The Kier molecular flexibility index (Phi) is 6.32. The molecule has 2 aliphatic rings. The van der Waals surface area contributed by atoms with Crippen LogP contribution in [0.2, 0.25) is 0 Å². The lowest BCUT2D eigenvalue weighted by molar-refractivity contribution is -0.127. The summed E-state index contributed by atoms with van der Waals surface area (Å²) < 4.78 is 0. The molecular formula is C20H36O. The Hall–Kier alpha value is -0.330. The summed E-state index contributed by atoms with van der Waals surface area (Å²) in [7, 11) is 0. The first-order valence-electron chi connectivity index (χ1n) is 9.51. The Bertz CT molecular complexity index is 315. The third-order valence-electron chi connectivity index (χ3n) is 6.32. The van der Waals surface area contributed by atoms with Gasteiger partial charge in [-0.3, -0.25) is 4.79 Å². The number of Topliss-reactive ketones (excluding diaryl/α,β-unsaturated/α-hetero) is 1. The van der Waals surface area contributed by atoms with E-state index in [-0.39, 0.29) is 5.92 Å². The number of hydrogen-bond donors (Lipinski definition) is 0. The first-order valence-corrected chi connectivity index (χ1v) is 9.51. The van der Waals surface area contributed by atoms with Crippen molar-refractivity contribution in [3.8, 4) is 0 Å². The highest BCUT2D eigenvalue weighted by atomic mass is 16.1. The normalized spacial score (nSPS) is 34.4. The Morgan fingerprint density at radius 1 is 0.810 bits per heavy atom. The molecule has 122 valence electrons. The highest BCUT2D eigenvalue weighted by Crippen LogP contribution is 2.40. The molecule has 0 atom stereocenters. The van der Waals surface area contributed by atoms with E-state index < -0.39 is 0 Å². The van der Waals surface area contributed by atoms with Gasteiger partial charge in [0, 0.05) is 11.8 Å². The molecule has 0 aromatic rings. The van der Waals surface area contributed by atoms with Crippen molar-refractivity contribution >= 4 is 5.78 Å². The van der Waals surface area contributed by atoms with Crippen LogP contribution >= 0.6 is 0 Å². The summed E-state index contributed by atoms with van der Waals surface area (Å²) in [4.78, 5) is 12.1. The van der Waals surface area contributed by atoms with Gasteiger partial charge in [0.05, 0.1) is 0 Å². The second-order valence-electron chi connectivity index (χ2n) is 8.54. The quantitative estimate of drug-likeness (QED) is 0.619. The third kappa shape index (κ3) is 4.83. The van der Waals surface area contributed by atoms with E-state index in [2.05, 4.69) is 27.7 Å². The van der Waals surface area contributed by atoms with Crippen LogP contribution in [0.25, 0.3) is 0 Å². The van der Waals surface area contributed by atoms with Gasteiger partial charge in [-0.05, 0) is 68.6 Å². The Morgan fingerprint density at radius 2 is 1.29 bits per heavy atom. The van der Waals surface area contributed by atoms with Crippen LogP contribution in [0.15, 0.2) is 0 Å². The second kappa shape index (κ2) is 7.79. The van der Waals surface area contributed by atoms with Gasteiger partial charge in [-0.15, -0.1) is 0 Å². The van der Waals surface area contributed by atoms with Crippen LogP contribution in [0.3, 0.4) is 0 Å². The largest absolute Gasteiger partial charge is 0.299 e. The summed E-state index contributed by atoms with van der Waals surface area (Å²) in [6.45, 7) is 8.89. The summed E-state index contributed by atoms with van der Waals surface area (Å²) >= 11 is 0. The zero-order valence-corrected chi connectivity index (χ0v) is 14.7. The van der Waals surface area contributed by atoms with Gasteiger partial charge in [-0.2, -0.15) is 0 Å². The molecule has 21 heavy (non-hydrogen) atoms. The maximum Gasteiger partial charge on any atom is 0.138 e. The number of rotatable bonds is 5. The van der Waals surface area contributed by atoms with E-state index in [9.17, 15) is 4.79 Å². The monoisotopic (exact) mass is 292 g/mol. The van der Waals surface area contributed by atoms with Crippen LogP contribution in [0.5, 0.6) is 0 Å². The molecule has 2 rings (SSSR count). The standard InChI is InChI=1S/C20H36O/c1-14(2)18-9-5-16(6-10-18)13-17-7-11-19(12-8-17)20(21)15(3)4/h14-19H,5-13H2,1-4H3. The number of ketones is 1. The van der Waals surface area contributed by atoms with E-state index in [0.717, 1.165) is 23.7 Å². The molecule has 0 bridgehead atoms. The van der Waals surface area contributed by atoms with Crippen molar-refractivity contribution < 1.29 is 4.79 Å². The minimum absolute atomic E-state index is 0.234. The highest BCUT2D eigenvalue weighted by molar-refractivity contribution is 5.82. The van der Waals surface area contributed by atoms with E-state index in [1.165, 1.54) is 57.8 Å². The number of carbonyl (C=O) groups is 1. The minimum Gasteiger partial charge on any atom is -0.299 e. The van der Waals surface area contributed by atoms with Gasteiger partial charge in [0.2, 0.25) is 0 Å². The molecule has 0 unspecified atom stereocenters. The number of carbonyl (C=O) groups excluding carboxylic acids is 1. The van der Waals surface area contributed by atoms with E-state index >= 15 is 0 Å². The van der Waals surface area contributed by atoms with E-state index in [1.807, 2.05) is 0 Å². The molecule has 2 fully saturated rings. The lowest BCUT2D eigenvalue weighted by atomic mass is 9.70. The topological polar surface area (TPSA) is 17.1 Å². The molecule has 1 heteroatoms. The summed E-state index contributed by atoms with van der Waals surface area (Å²) in [5, 5.41) is 0. The first-order chi connectivity index (χ1) is 9.97. The Morgan fingerprint density at radius 3 is 1.71 bits per heavy atom. The zero-order valence-electron chi connectivity index (χ0n) is 14.7. The van der Waals surface area contributed by atoms with Crippen molar-refractivity contribution in [3.05, 3.63) is 0 Å². The molecule has 0 radical (unpaired) electrons. The smallest absolute Gasteiger partial charge is 0.138 e. The fourth-order valence-corrected chi connectivity index (χ4v) is 4.72. The molecule has 2 saturated carbocycles. The Labute approximate surface area is 132 Å². The highest BCUT2D eigenvalue weighted by Gasteiger charge is 2.30. The van der Waals surface area contributed by atoms with Crippen molar-refractivity contribution in [3.63, 3.8) is 0 Å². The predicted molar refractivity (Wildman–Crippen MR) is 90.2 cm³/mol. The molecule has 0 saturated heterocycles. The van der Waals surface area contributed by atoms with Crippen LogP contribution in [0, 0.1) is 35.5 Å². The maximum absolute atomic E-state index is 12.1. The van der Waals surface area contributed by atoms with Crippen molar-refractivity contribution in [2.45, 2.75) is 85.5 Å². The fourth-order valence-electron chi connectivity index (χ4n) is 4.72. The molecular weight excluding hydrogens is 256 g/mol. The van der Waals surface area contributed by atoms with E-state index in [4.69, 9.17) is 0 Å². The van der Waals surface area contributed by atoms with Gasteiger partial charge in [0.1, 0.15) is 5.78 Å². The molecule has 0 aromatic heterocycles. The molecule has 2 aliphatic carbocycles. The molecule has 0 heterocycles. The third-order valence-corrected chi connectivity index (χ3v) is 6.32. The summed E-state index contributed by atoms with van der Waals surface area (Å²) in [5.74, 6) is 4.91. The SMILES string of the molecule is CC(C)C(=O)C1CCC(CC2CCC(C(C)C)CC2)CC1. The second-order valence-corrected chi connectivity index (χ2v) is 8.54.